The normalized spacial score (nSPS) is 12.8. The molecule has 33 heavy (non-hydrogen) atoms. The molecule has 0 heterocycles. The molecular weight excluding hydrogens is 463 g/mol. The Bertz CT molecular complexity index is 772. The van der Waals surface area contributed by atoms with Crippen LogP contribution in [0.15, 0.2) is 18.2 Å². The smallest absolute Gasteiger partial charge is 0.407 e. The van der Waals surface area contributed by atoms with Crippen LogP contribution >= 0.6 is 23.2 Å². The fraction of sp³-hybridized carbons (Fsp3) is 0.680. The molecule has 0 saturated carbocycles. The summed E-state index contributed by atoms with van der Waals surface area (Å²) < 4.78 is 5.30. The maximum Gasteiger partial charge on any atom is 0.407 e. The maximum atomic E-state index is 12.2. The van der Waals surface area contributed by atoms with Crippen molar-refractivity contribution in [1.29, 1.82) is 0 Å². The predicted molar refractivity (Wildman–Crippen MR) is 137 cm³/mol. The lowest BCUT2D eigenvalue weighted by Crippen LogP contribution is -2.40. The molecule has 1 aromatic rings. The van der Waals surface area contributed by atoms with Crippen molar-refractivity contribution in [1.82, 2.24) is 5.32 Å². The van der Waals surface area contributed by atoms with Gasteiger partial charge < -0.3 is 20.1 Å². The van der Waals surface area contributed by atoms with E-state index in [1.807, 2.05) is 0 Å². The Labute approximate surface area is 209 Å². The van der Waals surface area contributed by atoms with Crippen molar-refractivity contribution in [2.45, 2.75) is 78.9 Å². The molecule has 0 aliphatic heterocycles. The van der Waals surface area contributed by atoms with Crippen LogP contribution in [0.5, 0.6) is 0 Å². The van der Waals surface area contributed by atoms with Crippen molar-refractivity contribution in [2.75, 3.05) is 29.7 Å². The number of aryl methyl sites for hydroxylation is 1. The van der Waals surface area contributed by atoms with Gasteiger partial charge in [0.25, 0.3) is 0 Å². The van der Waals surface area contributed by atoms with Crippen molar-refractivity contribution in [3.05, 3.63) is 29.3 Å². The molecule has 0 bridgehead atoms. The van der Waals surface area contributed by atoms with Crippen LogP contribution in [0.25, 0.3) is 0 Å². The Balaban J connectivity index is 2.89. The first-order valence-electron chi connectivity index (χ1n) is 11.4. The van der Waals surface area contributed by atoms with E-state index >= 15 is 0 Å². The van der Waals surface area contributed by atoms with Crippen LogP contribution in [0.4, 0.5) is 10.5 Å². The summed E-state index contributed by atoms with van der Waals surface area (Å²) in [7, 11) is 0. The third-order valence-corrected chi connectivity index (χ3v) is 5.73. The minimum Gasteiger partial charge on any atom is -0.481 e. The van der Waals surface area contributed by atoms with Gasteiger partial charge in [0.05, 0.1) is 6.42 Å². The van der Waals surface area contributed by atoms with Crippen molar-refractivity contribution in [3.8, 4) is 0 Å². The van der Waals surface area contributed by atoms with Gasteiger partial charge in [0.2, 0.25) is 0 Å². The third kappa shape index (κ3) is 11.9. The number of nitrogens with zero attached hydrogens (tertiary/aromatic N) is 1. The fourth-order valence-electron chi connectivity index (χ4n) is 3.70. The summed E-state index contributed by atoms with van der Waals surface area (Å²) in [6.45, 7) is 13.2. The highest BCUT2D eigenvalue weighted by Crippen LogP contribution is 2.31. The Kier molecular flexibility index (Phi) is 11.8. The van der Waals surface area contributed by atoms with Gasteiger partial charge in [-0.25, -0.2) is 4.79 Å². The average Bonchev–Trinajstić information content (AvgIpc) is 2.66. The van der Waals surface area contributed by atoms with E-state index < -0.39 is 23.7 Å². The van der Waals surface area contributed by atoms with Crippen molar-refractivity contribution < 1.29 is 19.4 Å². The summed E-state index contributed by atoms with van der Waals surface area (Å²) in [5.41, 5.74) is 2.81. The number of anilines is 1. The number of carboxylic acids is 1. The zero-order valence-electron chi connectivity index (χ0n) is 20.8. The number of hydrogen-bond acceptors (Lipinski definition) is 4. The van der Waals surface area contributed by atoms with Crippen LogP contribution in [-0.4, -0.2) is 53.7 Å². The number of carbonyl (C=O) groups excluding carboxylic acids is 1. The van der Waals surface area contributed by atoms with Gasteiger partial charge in [-0.05, 0) is 75.6 Å². The first-order valence-corrected chi connectivity index (χ1v) is 12.5. The number of halogens is 2. The van der Waals surface area contributed by atoms with Crippen LogP contribution in [0.2, 0.25) is 0 Å². The van der Waals surface area contributed by atoms with Gasteiger partial charge in [0.15, 0.2) is 0 Å². The highest BCUT2D eigenvalue weighted by Gasteiger charge is 2.26. The Hall–Kier alpha value is -1.66. The van der Waals surface area contributed by atoms with Crippen LogP contribution in [0.3, 0.4) is 0 Å². The molecule has 0 aliphatic rings. The molecule has 1 rings (SSSR count). The van der Waals surface area contributed by atoms with Gasteiger partial charge in [-0.2, -0.15) is 0 Å². The Morgan fingerprint density at radius 1 is 1.12 bits per heavy atom. The number of ether oxygens (including phenoxy) is 1. The molecule has 0 radical (unpaired) electrons. The topological polar surface area (TPSA) is 78.9 Å². The molecule has 8 heteroatoms. The van der Waals surface area contributed by atoms with E-state index in [9.17, 15) is 14.7 Å². The molecule has 0 spiro atoms. The summed E-state index contributed by atoms with van der Waals surface area (Å²) in [6.07, 6.45) is 1.39. The van der Waals surface area contributed by atoms with Gasteiger partial charge in [-0.15, -0.1) is 23.2 Å². The summed E-state index contributed by atoms with van der Waals surface area (Å²) in [5.74, 6) is 0.110. The Morgan fingerprint density at radius 3 is 2.24 bits per heavy atom. The fourth-order valence-corrected chi connectivity index (χ4v) is 4.11. The van der Waals surface area contributed by atoms with Gasteiger partial charge in [0, 0.05) is 36.6 Å². The van der Waals surface area contributed by atoms with E-state index in [-0.39, 0.29) is 11.8 Å². The van der Waals surface area contributed by atoms with E-state index in [0.717, 1.165) is 31.6 Å². The van der Waals surface area contributed by atoms with E-state index in [4.69, 9.17) is 27.9 Å². The van der Waals surface area contributed by atoms with Crippen LogP contribution < -0.4 is 10.2 Å². The van der Waals surface area contributed by atoms with E-state index in [0.29, 0.717) is 18.2 Å². The van der Waals surface area contributed by atoms with Gasteiger partial charge >= 0.3 is 12.1 Å². The molecule has 0 aromatic heterocycles. The quantitative estimate of drug-likeness (QED) is 0.323. The lowest BCUT2D eigenvalue weighted by molar-refractivity contribution is -0.137. The van der Waals surface area contributed by atoms with Crippen molar-refractivity contribution in [3.63, 3.8) is 0 Å². The number of alkyl halides is 2. The maximum absolute atomic E-state index is 12.2. The summed E-state index contributed by atoms with van der Waals surface area (Å²) in [6, 6.07) is 5.92. The molecule has 0 saturated heterocycles. The summed E-state index contributed by atoms with van der Waals surface area (Å²) in [5, 5.41) is 12.0. The highest BCUT2D eigenvalue weighted by atomic mass is 35.5. The van der Waals surface area contributed by atoms with E-state index in [1.54, 1.807) is 20.8 Å². The van der Waals surface area contributed by atoms with Gasteiger partial charge in [-0.1, -0.05) is 19.9 Å². The Morgan fingerprint density at radius 2 is 1.73 bits per heavy atom. The number of amides is 1. The largest absolute Gasteiger partial charge is 0.481 e. The molecule has 1 atom stereocenters. The van der Waals surface area contributed by atoms with Crippen molar-refractivity contribution in [2.24, 2.45) is 5.41 Å². The SMILES string of the molecule is Cc1ccc(N(CCCl)CCCl)cc1CC(C)(C)CC[C@@H](CC(=O)O)NC(=O)OC(C)(C)C. The van der Waals surface area contributed by atoms with Crippen LogP contribution in [0.1, 0.15) is 65.0 Å². The monoisotopic (exact) mass is 502 g/mol. The zero-order chi connectivity index (χ0) is 25.2. The second-order valence-electron chi connectivity index (χ2n) is 10.3. The molecule has 6 nitrogen and oxygen atoms in total. The number of carbonyl (C=O) groups is 2. The molecule has 0 fully saturated rings. The average molecular weight is 504 g/mol. The molecule has 1 aromatic carbocycles. The zero-order valence-corrected chi connectivity index (χ0v) is 22.4. The number of nitrogens with one attached hydrogen (secondary N) is 1. The standard InChI is InChI=1S/C25H40Cl2N2O4/c1-18-7-8-21(29(13-11-26)14-12-27)15-19(18)17-25(5,6)10-9-20(16-22(30)31)28-23(32)33-24(2,3)4/h7-8,15,20H,9-14,16-17H2,1-6H3,(H,28,32)(H,30,31)/t20-/m0/s1. The number of aliphatic carboxylic acids is 1. The molecule has 1 amide bonds. The van der Waals surface area contributed by atoms with Gasteiger partial charge in [-0.3, -0.25) is 4.79 Å². The second kappa shape index (κ2) is 13.3. The minimum absolute atomic E-state index is 0.0977. The number of carboxylic acid groups (broad SMARTS) is 1. The number of rotatable bonds is 13. The number of benzene rings is 1. The molecule has 0 aliphatic carbocycles. The minimum atomic E-state index is -0.948. The van der Waals surface area contributed by atoms with Crippen molar-refractivity contribution >= 4 is 41.0 Å². The highest BCUT2D eigenvalue weighted by molar-refractivity contribution is 6.18. The lowest BCUT2D eigenvalue weighted by Gasteiger charge is -2.30. The third-order valence-electron chi connectivity index (χ3n) is 5.39. The van der Waals surface area contributed by atoms with Crippen LogP contribution in [-0.2, 0) is 16.0 Å². The molecule has 188 valence electrons. The lowest BCUT2D eigenvalue weighted by atomic mass is 9.79. The number of hydrogen-bond donors (Lipinski definition) is 2. The first kappa shape index (κ1) is 29.4. The second-order valence-corrected chi connectivity index (χ2v) is 11.1. The number of alkyl carbamates (subject to hydrolysis) is 1. The molecular formula is C25H40Cl2N2O4. The van der Waals surface area contributed by atoms with Gasteiger partial charge in [0.1, 0.15) is 5.60 Å². The first-order chi connectivity index (χ1) is 15.3. The van der Waals surface area contributed by atoms with E-state index in [1.165, 1.54) is 11.1 Å². The van der Waals surface area contributed by atoms with Crippen LogP contribution in [0, 0.1) is 12.3 Å². The summed E-state index contributed by atoms with van der Waals surface area (Å²) >= 11 is 11.9. The molecule has 0 unspecified atom stereocenters. The van der Waals surface area contributed by atoms with E-state index in [2.05, 4.69) is 49.2 Å². The molecule has 2 N–H and O–H groups in total. The predicted octanol–water partition coefficient (Wildman–Crippen LogP) is 6.00. The summed E-state index contributed by atoms with van der Waals surface area (Å²) in [4.78, 5) is 25.7.